The number of carbonyl (C=O) groups is 4. The van der Waals surface area contributed by atoms with Crippen molar-refractivity contribution in [1.29, 1.82) is 5.26 Å². The predicted molar refractivity (Wildman–Crippen MR) is 245 cm³/mol. The first-order valence-corrected chi connectivity index (χ1v) is 22.9. The number of fused-ring (bicyclic) bond motifs is 1. The summed E-state index contributed by atoms with van der Waals surface area (Å²) in [4.78, 5) is 71.1. The minimum absolute atomic E-state index is 0.00710. The molecule has 1 unspecified atom stereocenters. The molecule has 16 nitrogen and oxygen atoms in total. The van der Waals surface area contributed by atoms with Gasteiger partial charge in [0.2, 0.25) is 11.8 Å². The number of piperazine rings is 1. The molecule has 0 radical (unpaired) electrons. The number of benzene rings is 3. The number of likely N-dealkylation sites (tertiary alicyclic amines) is 1. The Hall–Kier alpha value is -6.05. The monoisotopic (exact) mass is 902 g/mol. The molecule has 17 heteroatoms. The first-order chi connectivity index (χ1) is 31.0. The minimum atomic E-state index is -0.908. The number of amides is 4. The topological polar surface area (TPSA) is 195 Å². The van der Waals surface area contributed by atoms with Gasteiger partial charge in [0.1, 0.15) is 29.5 Å². The van der Waals surface area contributed by atoms with Crippen LogP contribution in [0, 0.1) is 27.6 Å². The van der Waals surface area contributed by atoms with Crippen LogP contribution in [0.5, 0.6) is 5.75 Å². The average Bonchev–Trinajstić information content (AvgIpc) is 3.29. The largest absolute Gasteiger partial charge is 0.489 e. The Balaban J connectivity index is 0.705. The quantitative estimate of drug-likeness (QED) is 0.182. The Morgan fingerprint density at radius 3 is 2.29 bits per heavy atom. The zero-order valence-corrected chi connectivity index (χ0v) is 38.0. The second kappa shape index (κ2) is 17.1. The summed E-state index contributed by atoms with van der Waals surface area (Å²) in [7, 11) is 0. The Bertz CT molecular complexity index is 2620. The van der Waals surface area contributed by atoms with Crippen LogP contribution >= 0.6 is 11.6 Å². The summed E-state index contributed by atoms with van der Waals surface area (Å²) in [5, 5.41) is 26.6. The molecule has 340 valence electrons. The molecule has 5 aliphatic rings. The number of hydrogen-bond donors (Lipinski definition) is 3. The highest BCUT2D eigenvalue weighted by Crippen LogP contribution is 2.56. The van der Waals surface area contributed by atoms with Crippen LogP contribution in [0.15, 0.2) is 65.5 Å². The van der Waals surface area contributed by atoms with Crippen molar-refractivity contribution in [2.45, 2.75) is 90.4 Å². The number of halogens is 1. The average molecular weight is 903 g/mol. The lowest BCUT2D eigenvalue weighted by Crippen LogP contribution is -2.74. The van der Waals surface area contributed by atoms with Crippen LogP contribution in [0.4, 0.5) is 11.4 Å². The molecule has 1 aromatic heterocycles. The molecule has 4 heterocycles. The van der Waals surface area contributed by atoms with Gasteiger partial charge in [-0.3, -0.25) is 34.2 Å². The summed E-state index contributed by atoms with van der Waals surface area (Å²) < 4.78 is 7.42. The van der Waals surface area contributed by atoms with Crippen LogP contribution in [0.1, 0.15) is 88.2 Å². The van der Waals surface area contributed by atoms with Crippen molar-refractivity contribution in [3.8, 4) is 11.8 Å². The maximum atomic E-state index is 13.5. The molecule has 2 saturated carbocycles. The van der Waals surface area contributed by atoms with Gasteiger partial charge in [-0.2, -0.15) is 9.94 Å². The maximum Gasteiger partial charge on any atom is 0.278 e. The van der Waals surface area contributed by atoms with Crippen molar-refractivity contribution >= 4 is 57.5 Å². The van der Waals surface area contributed by atoms with Gasteiger partial charge in [-0.1, -0.05) is 44.5 Å². The van der Waals surface area contributed by atoms with Crippen molar-refractivity contribution in [2.24, 2.45) is 16.2 Å². The lowest BCUT2D eigenvalue weighted by atomic mass is 9.49. The molecule has 0 bridgehead atoms. The number of rotatable bonds is 10. The van der Waals surface area contributed by atoms with Gasteiger partial charge in [-0.25, -0.2) is 0 Å². The van der Waals surface area contributed by atoms with Gasteiger partial charge in [0, 0.05) is 91.6 Å². The third-order valence-electron chi connectivity index (χ3n) is 14.9. The van der Waals surface area contributed by atoms with Gasteiger partial charge in [-0.15, -0.1) is 5.10 Å². The van der Waals surface area contributed by atoms with Gasteiger partial charge in [0.15, 0.2) is 0 Å². The van der Waals surface area contributed by atoms with E-state index in [0.717, 1.165) is 75.3 Å². The number of piperidine rings is 2. The fourth-order valence-corrected chi connectivity index (χ4v) is 11.6. The van der Waals surface area contributed by atoms with E-state index >= 15 is 0 Å². The number of imide groups is 1. The standard InChI is InChI=1S/C48H55ClN10O6/c1-46(2)44(47(3,4)45(46)65-34-11-7-30(27-50)36(49)24-34)53-41(62)29-5-9-32(10-6-29)56-19-21-57(22-20-56)33-25-48(26-33)15-17-58(18-16-48)40(61)28-51-31-8-12-37-35(23-31)43(64)59(55-54-37)38-13-14-39(60)52-42(38)63/h5-12,23-24,33,38,44-45,51H,13-22,25-26,28H2,1-4H3,(H,53,62)(H,52,60,63). The van der Waals surface area contributed by atoms with Crippen molar-refractivity contribution in [1.82, 2.24) is 35.4 Å². The number of ether oxygens (including phenoxy) is 1. The molecular weight excluding hydrogens is 848 g/mol. The van der Waals surface area contributed by atoms with Crippen LogP contribution < -0.4 is 31.1 Å². The molecular formula is C48H55ClN10O6. The molecule has 3 aromatic carbocycles. The van der Waals surface area contributed by atoms with E-state index in [-0.39, 0.29) is 70.9 Å². The SMILES string of the molecule is CC1(C)C(NC(=O)c2ccc(N3CCN(C4CC5(CCN(C(=O)CNc6ccc7nnn(C8CCC(=O)NC8=O)c(=O)c7c6)CC5)C4)CC3)cc2)C(C)(C)C1Oc1ccc(C#N)c(Cl)c1. The van der Waals surface area contributed by atoms with Gasteiger partial charge >= 0.3 is 0 Å². The second-order valence-corrected chi connectivity index (χ2v) is 20.1. The molecule has 2 aliphatic carbocycles. The van der Waals surface area contributed by atoms with E-state index in [0.29, 0.717) is 39.1 Å². The first kappa shape index (κ1) is 44.2. The number of carbonyl (C=O) groups excluding carboxylic acids is 4. The summed E-state index contributed by atoms with van der Waals surface area (Å²) in [5.74, 6) is -0.458. The van der Waals surface area contributed by atoms with E-state index in [1.165, 1.54) is 0 Å². The summed E-state index contributed by atoms with van der Waals surface area (Å²) in [5.41, 5.74) is 2.19. The van der Waals surface area contributed by atoms with Crippen molar-refractivity contribution in [3.63, 3.8) is 0 Å². The highest BCUT2D eigenvalue weighted by Gasteiger charge is 2.64. The Labute approximate surface area is 382 Å². The smallest absolute Gasteiger partial charge is 0.278 e. The lowest BCUT2D eigenvalue weighted by Gasteiger charge is -2.63. The van der Waals surface area contributed by atoms with E-state index in [1.807, 2.05) is 29.2 Å². The van der Waals surface area contributed by atoms with E-state index in [2.05, 4.69) is 69.8 Å². The third-order valence-corrected chi connectivity index (χ3v) is 15.2. The Morgan fingerprint density at radius 1 is 0.923 bits per heavy atom. The van der Waals surface area contributed by atoms with Gasteiger partial charge in [0.05, 0.1) is 22.5 Å². The zero-order valence-electron chi connectivity index (χ0n) is 37.2. The number of aromatic nitrogens is 3. The minimum Gasteiger partial charge on any atom is -0.489 e. The number of nitrogens with zero attached hydrogens (tertiary/aromatic N) is 7. The summed E-state index contributed by atoms with van der Waals surface area (Å²) in [6.45, 7) is 13.7. The Morgan fingerprint density at radius 2 is 1.63 bits per heavy atom. The molecule has 9 rings (SSSR count). The van der Waals surface area contributed by atoms with Gasteiger partial charge in [-0.05, 0) is 92.1 Å². The number of nitriles is 1. The molecule has 3 saturated heterocycles. The molecule has 65 heavy (non-hydrogen) atoms. The number of anilines is 2. The lowest BCUT2D eigenvalue weighted by molar-refractivity contribution is -0.164. The van der Waals surface area contributed by atoms with Gasteiger partial charge < -0.3 is 25.2 Å². The number of hydrogen-bond acceptors (Lipinski definition) is 12. The molecule has 3 N–H and O–H groups in total. The van der Waals surface area contributed by atoms with E-state index in [4.69, 9.17) is 16.3 Å². The maximum absolute atomic E-state index is 13.5. The molecule has 1 spiro atoms. The van der Waals surface area contributed by atoms with Crippen LogP contribution in [-0.2, 0) is 14.4 Å². The predicted octanol–water partition coefficient (Wildman–Crippen LogP) is 4.91. The highest BCUT2D eigenvalue weighted by atomic mass is 35.5. The fourth-order valence-electron chi connectivity index (χ4n) is 11.4. The van der Waals surface area contributed by atoms with Crippen LogP contribution in [0.25, 0.3) is 10.9 Å². The summed E-state index contributed by atoms with van der Waals surface area (Å²) in [6.07, 6.45) is 4.39. The van der Waals surface area contributed by atoms with E-state index in [1.54, 1.807) is 36.4 Å². The normalized spacial score (nSPS) is 23.8. The Kier molecular flexibility index (Phi) is 11.6. The second-order valence-electron chi connectivity index (χ2n) is 19.7. The van der Waals surface area contributed by atoms with Crippen molar-refractivity contribution in [3.05, 3.63) is 87.2 Å². The molecule has 4 aromatic rings. The van der Waals surface area contributed by atoms with E-state index < -0.39 is 17.5 Å². The first-order valence-electron chi connectivity index (χ1n) is 22.6. The van der Waals surface area contributed by atoms with Crippen molar-refractivity contribution in [2.75, 3.05) is 56.0 Å². The van der Waals surface area contributed by atoms with Gasteiger partial charge in [0.25, 0.3) is 17.4 Å². The molecule has 3 aliphatic heterocycles. The van der Waals surface area contributed by atoms with Crippen LogP contribution in [0.2, 0.25) is 5.02 Å². The van der Waals surface area contributed by atoms with Crippen LogP contribution in [-0.4, -0.2) is 112 Å². The number of nitrogens with one attached hydrogen (secondary N) is 3. The summed E-state index contributed by atoms with van der Waals surface area (Å²) >= 11 is 6.26. The summed E-state index contributed by atoms with van der Waals surface area (Å²) in [6, 6.07) is 19.6. The fraction of sp³-hybridized carbons (Fsp3) is 0.500. The zero-order chi connectivity index (χ0) is 45.8. The molecule has 5 fully saturated rings. The molecule has 4 amide bonds. The van der Waals surface area contributed by atoms with Crippen LogP contribution in [0.3, 0.4) is 0 Å². The van der Waals surface area contributed by atoms with E-state index in [9.17, 15) is 29.2 Å². The highest BCUT2D eigenvalue weighted by molar-refractivity contribution is 6.31. The van der Waals surface area contributed by atoms with Crippen molar-refractivity contribution < 1.29 is 23.9 Å². The molecule has 1 atom stereocenters. The third kappa shape index (κ3) is 8.40.